The number of phenols is 1. The van der Waals surface area contributed by atoms with Crippen molar-refractivity contribution in [1.29, 1.82) is 0 Å². The van der Waals surface area contributed by atoms with Crippen LogP contribution in [-0.4, -0.2) is 33.6 Å². The topological polar surface area (TPSA) is 86.7 Å². The number of nitrogens with zero attached hydrogens (tertiary/aromatic N) is 1. The highest BCUT2D eigenvalue weighted by Crippen LogP contribution is 2.36. The Kier molecular flexibility index (Phi) is 6.26. The number of nitrogens with one attached hydrogen (secondary N) is 1. The second kappa shape index (κ2) is 8.50. The van der Waals surface area contributed by atoms with Crippen molar-refractivity contribution in [1.82, 2.24) is 4.90 Å². The van der Waals surface area contributed by atoms with Gasteiger partial charge < -0.3 is 10.4 Å². The Balaban J connectivity index is 1.76. The smallest absolute Gasteiger partial charge is 0.294 e. The van der Waals surface area contributed by atoms with Crippen molar-refractivity contribution in [3.05, 3.63) is 61.3 Å². The van der Waals surface area contributed by atoms with Gasteiger partial charge in [-0.15, -0.1) is 0 Å². The summed E-state index contributed by atoms with van der Waals surface area (Å²) < 4.78 is 13.7. The molecule has 2 aromatic rings. The Morgan fingerprint density at radius 3 is 2.79 bits per heavy atom. The molecule has 10 heteroatoms. The third-order valence-corrected chi connectivity index (χ3v) is 5.58. The first-order valence-electron chi connectivity index (χ1n) is 7.73. The molecule has 0 atom stereocenters. The van der Waals surface area contributed by atoms with E-state index in [-0.39, 0.29) is 21.9 Å². The maximum atomic E-state index is 13.2. The number of imide groups is 1. The van der Waals surface area contributed by atoms with Crippen LogP contribution in [0.5, 0.6) is 5.75 Å². The number of carbonyl (C=O) groups excluding carboxylic acids is 3. The minimum Gasteiger partial charge on any atom is -0.506 e. The number of hydrogen-bond acceptors (Lipinski definition) is 5. The number of benzene rings is 2. The van der Waals surface area contributed by atoms with Crippen molar-refractivity contribution < 1.29 is 23.9 Å². The number of thioether (sulfide) groups is 1. The zero-order chi connectivity index (χ0) is 20.4. The van der Waals surface area contributed by atoms with Gasteiger partial charge in [0.05, 0.1) is 8.48 Å². The number of carbonyl (C=O) groups is 3. The van der Waals surface area contributed by atoms with E-state index in [0.29, 0.717) is 20.4 Å². The van der Waals surface area contributed by atoms with Gasteiger partial charge in [0.2, 0.25) is 5.91 Å². The summed E-state index contributed by atoms with van der Waals surface area (Å²) >= 11 is 8.51. The first-order chi connectivity index (χ1) is 13.2. The number of amides is 3. The first kappa shape index (κ1) is 20.6. The molecule has 3 amide bonds. The molecule has 1 heterocycles. The van der Waals surface area contributed by atoms with Crippen molar-refractivity contribution in [3.63, 3.8) is 0 Å². The Bertz CT molecular complexity index is 1030. The zero-order valence-electron chi connectivity index (χ0n) is 13.9. The maximum Gasteiger partial charge on any atom is 0.294 e. The molecule has 0 unspecified atom stereocenters. The molecule has 6 nitrogen and oxygen atoms in total. The Labute approximate surface area is 181 Å². The molecule has 28 heavy (non-hydrogen) atoms. The van der Waals surface area contributed by atoms with Gasteiger partial charge >= 0.3 is 0 Å². The molecular weight excluding hydrogens is 522 g/mol. The minimum atomic E-state index is -0.668. The van der Waals surface area contributed by atoms with Gasteiger partial charge in [-0.3, -0.25) is 19.3 Å². The van der Waals surface area contributed by atoms with Crippen LogP contribution < -0.4 is 5.32 Å². The summed E-state index contributed by atoms with van der Waals surface area (Å²) in [5.74, 6) is -1.91. The summed E-state index contributed by atoms with van der Waals surface area (Å²) in [5, 5.41) is 12.3. The summed E-state index contributed by atoms with van der Waals surface area (Å²) in [6, 6.07) is 8.27. The fourth-order valence-electron chi connectivity index (χ4n) is 2.38. The average Bonchev–Trinajstić information content (AvgIpc) is 2.86. The van der Waals surface area contributed by atoms with E-state index in [1.54, 1.807) is 6.07 Å². The normalized spacial score (nSPS) is 15.4. The lowest BCUT2D eigenvalue weighted by Gasteiger charge is -2.12. The largest absolute Gasteiger partial charge is 0.506 e. The van der Waals surface area contributed by atoms with Crippen LogP contribution in [0.2, 0.25) is 5.02 Å². The van der Waals surface area contributed by atoms with E-state index in [1.807, 2.05) is 22.6 Å². The van der Waals surface area contributed by atoms with Crippen molar-refractivity contribution >= 4 is 74.8 Å². The quantitative estimate of drug-likeness (QED) is 0.448. The monoisotopic (exact) mass is 532 g/mol. The molecule has 0 aromatic heterocycles. The average molecular weight is 533 g/mol. The maximum absolute atomic E-state index is 13.2. The molecule has 0 spiro atoms. The highest BCUT2D eigenvalue weighted by molar-refractivity contribution is 14.1. The van der Waals surface area contributed by atoms with Gasteiger partial charge in [0.25, 0.3) is 11.1 Å². The number of phenolic OH excluding ortho intramolecular Hbond substituents is 1. The van der Waals surface area contributed by atoms with Gasteiger partial charge in [-0.2, -0.15) is 0 Å². The lowest BCUT2D eigenvalue weighted by molar-refractivity contribution is -0.127. The molecule has 0 saturated carbocycles. The summed E-state index contributed by atoms with van der Waals surface area (Å²) in [4.78, 5) is 37.6. The molecule has 1 saturated heterocycles. The van der Waals surface area contributed by atoms with Crippen molar-refractivity contribution in [2.24, 2.45) is 0 Å². The van der Waals surface area contributed by atoms with E-state index in [0.717, 1.165) is 11.0 Å². The standard InChI is InChI=1S/C18H11ClFIN2O4S/c19-10-4-9(16(25)13(21)6-10)5-14-17(26)23(18(27)28-14)8-15(24)22-12-3-1-2-11(20)7-12/h1-7,25H,8H2,(H,22,24)/b14-5+. The van der Waals surface area contributed by atoms with E-state index in [9.17, 15) is 23.9 Å². The third kappa shape index (κ3) is 4.65. The van der Waals surface area contributed by atoms with Crippen LogP contribution in [0.15, 0.2) is 41.3 Å². The molecular formula is C18H11ClFIN2O4S. The van der Waals surface area contributed by atoms with Crippen LogP contribution in [0.4, 0.5) is 14.9 Å². The lowest BCUT2D eigenvalue weighted by atomic mass is 10.2. The van der Waals surface area contributed by atoms with Crippen LogP contribution in [-0.2, 0) is 9.59 Å². The van der Waals surface area contributed by atoms with Crippen LogP contribution in [0.25, 0.3) is 6.08 Å². The molecule has 1 aliphatic rings. The van der Waals surface area contributed by atoms with E-state index < -0.39 is 29.4 Å². The Morgan fingerprint density at radius 1 is 1.32 bits per heavy atom. The van der Waals surface area contributed by atoms with Crippen LogP contribution >= 0.6 is 46.0 Å². The number of aromatic hydroxyl groups is 1. The molecule has 0 bridgehead atoms. The second-order valence-electron chi connectivity index (χ2n) is 5.65. The Hall–Kier alpha value is -2.11. The van der Waals surface area contributed by atoms with Gasteiger partial charge in [-0.25, -0.2) is 4.39 Å². The zero-order valence-corrected chi connectivity index (χ0v) is 17.6. The van der Waals surface area contributed by atoms with E-state index in [2.05, 4.69) is 5.32 Å². The molecule has 3 rings (SSSR count). The number of anilines is 1. The molecule has 1 aliphatic heterocycles. The molecule has 0 aliphatic carbocycles. The summed E-state index contributed by atoms with van der Waals surface area (Å²) in [6.45, 7) is -0.516. The lowest BCUT2D eigenvalue weighted by Crippen LogP contribution is -2.36. The predicted molar refractivity (Wildman–Crippen MR) is 114 cm³/mol. The van der Waals surface area contributed by atoms with Crippen molar-refractivity contribution in [3.8, 4) is 5.75 Å². The summed E-state index contributed by atoms with van der Waals surface area (Å²) in [6.07, 6.45) is 1.35. The van der Waals surface area contributed by atoms with Gasteiger partial charge in [0.1, 0.15) is 18.1 Å². The SMILES string of the molecule is O=C(CN1C(=O)S/C(=C/c2cc(Cl)cc(I)c2O)C1=O)Nc1cccc(F)c1. The van der Waals surface area contributed by atoms with Gasteiger partial charge in [0, 0.05) is 16.3 Å². The van der Waals surface area contributed by atoms with Gasteiger partial charge in [-0.05, 0) is 70.8 Å². The van der Waals surface area contributed by atoms with Crippen molar-refractivity contribution in [2.75, 3.05) is 11.9 Å². The molecule has 0 radical (unpaired) electrons. The summed E-state index contributed by atoms with van der Waals surface area (Å²) in [7, 11) is 0. The highest BCUT2D eigenvalue weighted by atomic mass is 127. The van der Waals surface area contributed by atoms with Crippen LogP contribution in [0, 0.1) is 9.39 Å². The minimum absolute atomic E-state index is 0.0527. The van der Waals surface area contributed by atoms with Crippen LogP contribution in [0.3, 0.4) is 0 Å². The summed E-state index contributed by atoms with van der Waals surface area (Å²) in [5.41, 5.74) is 0.498. The molecule has 2 aromatic carbocycles. The molecule has 144 valence electrons. The Morgan fingerprint density at radius 2 is 2.07 bits per heavy atom. The molecule has 1 fully saturated rings. The number of halogens is 3. The fourth-order valence-corrected chi connectivity index (χ4v) is 4.27. The third-order valence-electron chi connectivity index (χ3n) is 3.63. The van der Waals surface area contributed by atoms with E-state index in [4.69, 9.17) is 11.6 Å². The van der Waals surface area contributed by atoms with E-state index in [1.165, 1.54) is 30.3 Å². The predicted octanol–water partition coefficient (Wildman–Crippen LogP) is 4.46. The highest BCUT2D eigenvalue weighted by Gasteiger charge is 2.36. The number of hydrogen-bond donors (Lipinski definition) is 2. The number of rotatable bonds is 4. The van der Waals surface area contributed by atoms with Crippen molar-refractivity contribution in [2.45, 2.75) is 0 Å². The van der Waals surface area contributed by atoms with Crippen LogP contribution in [0.1, 0.15) is 5.56 Å². The first-order valence-corrected chi connectivity index (χ1v) is 10.0. The van der Waals surface area contributed by atoms with E-state index >= 15 is 0 Å². The van der Waals surface area contributed by atoms with Gasteiger partial charge in [-0.1, -0.05) is 17.7 Å². The van der Waals surface area contributed by atoms with Gasteiger partial charge in [0.15, 0.2) is 0 Å². The second-order valence-corrected chi connectivity index (χ2v) is 8.24. The molecule has 2 N–H and O–H groups in total. The fraction of sp³-hybridized carbons (Fsp3) is 0.0556.